The van der Waals surface area contributed by atoms with Crippen molar-refractivity contribution in [2.75, 3.05) is 14.2 Å². The Labute approximate surface area is 153 Å². The zero-order chi connectivity index (χ0) is 18.5. The number of aryl methyl sites for hydroxylation is 1. The first kappa shape index (κ1) is 18.2. The highest BCUT2D eigenvalue weighted by Crippen LogP contribution is 2.41. The molecule has 5 heteroatoms. The van der Waals surface area contributed by atoms with Crippen LogP contribution in [0.5, 0.6) is 11.5 Å². The molecule has 1 aliphatic rings. The maximum Gasteiger partial charge on any atom is 0.220 e. The third-order valence-electron chi connectivity index (χ3n) is 4.74. The topological polar surface area (TPSA) is 47.6 Å². The first-order chi connectivity index (χ1) is 12.6. The first-order valence-corrected chi connectivity index (χ1v) is 8.86. The first-order valence-electron chi connectivity index (χ1n) is 8.86. The van der Waals surface area contributed by atoms with Crippen LogP contribution in [-0.2, 0) is 11.2 Å². The van der Waals surface area contributed by atoms with Crippen molar-refractivity contribution >= 4 is 5.91 Å². The van der Waals surface area contributed by atoms with Gasteiger partial charge < -0.3 is 14.8 Å². The number of nitrogens with one attached hydrogen (secondary N) is 1. The van der Waals surface area contributed by atoms with Crippen molar-refractivity contribution in [3.8, 4) is 11.5 Å². The Morgan fingerprint density at radius 3 is 2.46 bits per heavy atom. The predicted octanol–water partition coefficient (Wildman–Crippen LogP) is 4.04. The number of rotatable bonds is 8. The summed E-state index contributed by atoms with van der Waals surface area (Å²) in [6.07, 6.45) is 3.07. The van der Waals surface area contributed by atoms with Gasteiger partial charge in [0.2, 0.25) is 5.91 Å². The Morgan fingerprint density at radius 2 is 1.88 bits per heavy atom. The molecule has 1 amide bonds. The lowest BCUT2D eigenvalue weighted by Crippen LogP contribution is -2.30. The van der Waals surface area contributed by atoms with Crippen molar-refractivity contribution < 1.29 is 18.7 Å². The number of carbonyl (C=O) groups excluding carboxylic acids is 1. The van der Waals surface area contributed by atoms with Crippen LogP contribution < -0.4 is 14.8 Å². The van der Waals surface area contributed by atoms with Gasteiger partial charge in [-0.25, -0.2) is 4.39 Å². The van der Waals surface area contributed by atoms with Gasteiger partial charge in [-0.05, 0) is 60.6 Å². The fraction of sp³-hybridized carbons (Fsp3) is 0.381. The maximum atomic E-state index is 13.7. The predicted molar refractivity (Wildman–Crippen MR) is 97.9 cm³/mol. The lowest BCUT2D eigenvalue weighted by Gasteiger charge is -2.19. The molecule has 0 spiro atoms. The normalized spacial score (nSPS) is 14.6. The average molecular weight is 357 g/mol. The molecule has 4 nitrogen and oxygen atoms in total. The van der Waals surface area contributed by atoms with Crippen LogP contribution in [0.3, 0.4) is 0 Å². The van der Waals surface area contributed by atoms with E-state index in [-0.39, 0.29) is 17.7 Å². The summed E-state index contributed by atoms with van der Waals surface area (Å²) < 4.78 is 23.9. The van der Waals surface area contributed by atoms with Crippen molar-refractivity contribution in [1.29, 1.82) is 0 Å². The average Bonchev–Trinajstić information content (AvgIpc) is 3.50. The van der Waals surface area contributed by atoms with Crippen LogP contribution in [0.1, 0.15) is 36.4 Å². The van der Waals surface area contributed by atoms with Crippen molar-refractivity contribution in [2.45, 2.75) is 31.7 Å². The van der Waals surface area contributed by atoms with Gasteiger partial charge >= 0.3 is 0 Å². The summed E-state index contributed by atoms with van der Waals surface area (Å²) in [5, 5.41) is 3.14. The SMILES string of the molecule is COc1ccc(C(NC(=O)CCc2ccc(OC)c(F)c2)C2CC2)cc1. The maximum absolute atomic E-state index is 13.7. The standard InChI is InChI=1S/C21H24FNO3/c1-25-17-9-7-16(8-10-17)21(15-5-6-15)23-20(24)12-4-14-3-11-19(26-2)18(22)13-14/h3,7-11,13,15,21H,4-6,12H2,1-2H3,(H,23,24). The zero-order valence-electron chi connectivity index (χ0n) is 15.1. The summed E-state index contributed by atoms with van der Waals surface area (Å²) in [5.74, 6) is 1.09. The number of ether oxygens (including phenoxy) is 2. The van der Waals surface area contributed by atoms with E-state index in [9.17, 15) is 9.18 Å². The molecule has 0 heterocycles. The molecule has 0 aliphatic heterocycles. The Bertz CT molecular complexity index is 756. The zero-order valence-corrected chi connectivity index (χ0v) is 15.1. The third-order valence-corrected chi connectivity index (χ3v) is 4.74. The quantitative estimate of drug-likeness (QED) is 0.775. The van der Waals surface area contributed by atoms with Gasteiger partial charge in [-0.3, -0.25) is 4.79 Å². The fourth-order valence-corrected chi connectivity index (χ4v) is 3.08. The van der Waals surface area contributed by atoms with E-state index in [1.165, 1.54) is 13.2 Å². The van der Waals surface area contributed by atoms with Gasteiger partial charge in [0.15, 0.2) is 11.6 Å². The lowest BCUT2D eigenvalue weighted by atomic mass is 10.0. The highest BCUT2D eigenvalue weighted by molar-refractivity contribution is 5.76. The third kappa shape index (κ3) is 4.54. The molecule has 1 N–H and O–H groups in total. The summed E-state index contributed by atoms with van der Waals surface area (Å²) in [6, 6.07) is 12.7. The van der Waals surface area contributed by atoms with Crippen LogP contribution >= 0.6 is 0 Å². The second kappa shape index (κ2) is 8.21. The van der Waals surface area contributed by atoms with Gasteiger partial charge in [0.05, 0.1) is 20.3 Å². The van der Waals surface area contributed by atoms with E-state index in [0.717, 1.165) is 29.7 Å². The molecule has 3 rings (SSSR count). The van der Waals surface area contributed by atoms with Crippen molar-refractivity contribution in [1.82, 2.24) is 5.32 Å². The molecule has 0 saturated heterocycles. The van der Waals surface area contributed by atoms with Crippen molar-refractivity contribution in [2.24, 2.45) is 5.92 Å². The molecule has 0 radical (unpaired) electrons. The van der Waals surface area contributed by atoms with E-state index < -0.39 is 5.82 Å². The van der Waals surface area contributed by atoms with Crippen LogP contribution in [0.15, 0.2) is 42.5 Å². The van der Waals surface area contributed by atoms with E-state index in [0.29, 0.717) is 18.8 Å². The smallest absolute Gasteiger partial charge is 0.220 e. The molecule has 1 fully saturated rings. The molecular formula is C21H24FNO3. The number of amides is 1. The molecule has 2 aromatic rings. The summed E-state index contributed by atoms with van der Waals surface area (Å²) in [5.41, 5.74) is 1.88. The van der Waals surface area contributed by atoms with E-state index in [4.69, 9.17) is 9.47 Å². The number of methoxy groups -OCH3 is 2. The molecular weight excluding hydrogens is 333 g/mol. The van der Waals surface area contributed by atoms with Crippen LogP contribution in [0.25, 0.3) is 0 Å². The molecule has 2 aromatic carbocycles. The minimum absolute atomic E-state index is 0.0195. The number of halogens is 1. The van der Waals surface area contributed by atoms with E-state index in [2.05, 4.69) is 5.32 Å². The Kier molecular flexibility index (Phi) is 5.76. The van der Waals surface area contributed by atoms with Gasteiger partial charge in [0.25, 0.3) is 0 Å². The minimum atomic E-state index is -0.403. The van der Waals surface area contributed by atoms with Gasteiger partial charge in [-0.2, -0.15) is 0 Å². The number of hydrogen-bond acceptors (Lipinski definition) is 3. The molecule has 1 saturated carbocycles. The number of carbonyl (C=O) groups is 1. The summed E-state index contributed by atoms with van der Waals surface area (Å²) >= 11 is 0. The van der Waals surface area contributed by atoms with Gasteiger partial charge in [0.1, 0.15) is 5.75 Å². The van der Waals surface area contributed by atoms with Gasteiger partial charge in [-0.15, -0.1) is 0 Å². The number of benzene rings is 2. The molecule has 0 bridgehead atoms. The highest BCUT2D eigenvalue weighted by atomic mass is 19.1. The van der Waals surface area contributed by atoms with E-state index in [1.54, 1.807) is 19.2 Å². The highest BCUT2D eigenvalue weighted by Gasteiger charge is 2.33. The summed E-state index contributed by atoms with van der Waals surface area (Å²) in [7, 11) is 3.07. The second-order valence-corrected chi connectivity index (χ2v) is 6.62. The van der Waals surface area contributed by atoms with Crippen LogP contribution in [0.4, 0.5) is 4.39 Å². The molecule has 1 atom stereocenters. The van der Waals surface area contributed by atoms with Crippen LogP contribution in [0.2, 0.25) is 0 Å². The number of hydrogen-bond donors (Lipinski definition) is 1. The monoisotopic (exact) mass is 357 g/mol. The van der Waals surface area contributed by atoms with Crippen molar-refractivity contribution in [3.05, 3.63) is 59.4 Å². The fourth-order valence-electron chi connectivity index (χ4n) is 3.08. The molecule has 138 valence electrons. The van der Waals surface area contributed by atoms with Gasteiger partial charge in [0, 0.05) is 6.42 Å². The molecule has 0 aromatic heterocycles. The minimum Gasteiger partial charge on any atom is -0.497 e. The van der Waals surface area contributed by atoms with E-state index in [1.807, 2.05) is 24.3 Å². The Balaban J connectivity index is 1.59. The van der Waals surface area contributed by atoms with Crippen LogP contribution in [0, 0.1) is 11.7 Å². The van der Waals surface area contributed by atoms with Gasteiger partial charge in [-0.1, -0.05) is 18.2 Å². The molecule has 1 unspecified atom stereocenters. The van der Waals surface area contributed by atoms with Crippen LogP contribution in [-0.4, -0.2) is 20.1 Å². The summed E-state index contributed by atoms with van der Waals surface area (Å²) in [4.78, 5) is 12.4. The summed E-state index contributed by atoms with van der Waals surface area (Å²) in [6.45, 7) is 0. The second-order valence-electron chi connectivity index (χ2n) is 6.62. The Morgan fingerprint density at radius 1 is 1.15 bits per heavy atom. The lowest BCUT2D eigenvalue weighted by molar-refractivity contribution is -0.122. The molecule has 1 aliphatic carbocycles. The largest absolute Gasteiger partial charge is 0.497 e. The molecule has 26 heavy (non-hydrogen) atoms. The Hall–Kier alpha value is -2.56. The van der Waals surface area contributed by atoms with Crippen molar-refractivity contribution in [3.63, 3.8) is 0 Å². The van der Waals surface area contributed by atoms with E-state index >= 15 is 0 Å².